The molecule has 0 amide bonds. The number of carboxylic acids is 2. The summed E-state index contributed by atoms with van der Waals surface area (Å²) in [7, 11) is -3.76. The number of carboxylic acid groups (broad SMARTS) is 2. The van der Waals surface area contributed by atoms with Gasteiger partial charge in [0.05, 0.1) is 6.42 Å². The molecule has 10 heteroatoms. The summed E-state index contributed by atoms with van der Waals surface area (Å²) in [5.41, 5.74) is 0. The Hall–Kier alpha value is -0.190. The Labute approximate surface area is 243 Å². The molecule has 2 unspecified atom stereocenters. The van der Waals surface area contributed by atoms with Crippen molar-refractivity contribution in [2.45, 2.75) is 151 Å². The maximum atomic E-state index is 10.7. The van der Waals surface area contributed by atoms with E-state index in [1.165, 1.54) is 116 Å². The molecule has 0 bridgehead atoms. The maximum absolute atomic E-state index is 10.7. The second-order valence-electron chi connectivity index (χ2n) is 10.4. The van der Waals surface area contributed by atoms with Crippen LogP contribution in [0.3, 0.4) is 0 Å². The SMILES string of the molecule is CCCCCCCCCCCCCCCCCCC[CH]([Na])CCCS(=O)(=O)O.O=C(O)CC(O)C(=O)O. The van der Waals surface area contributed by atoms with E-state index in [4.69, 9.17) is 19.9 Å². The normalized spacial score (nSPS) is 13.0. The molecule has 0 spiro atoms. The molecule has 0 aliphatic heterocycles. The number of aliphatic carboxylic acids is 2. The van der Waals surface area contributed by atoms with Crippen molar-refractivity contribution in [3.8, 4) is 0 Å². The molecule has 216 valence electrons. The third-order valence-corrected chi connectivity index (χ3v) is 8.51. The summed E-state index contributed by atoms with van der Waals surface area (Å²) >= 11 is 1.13. The van der Waals surface area contributed by atoms with Crippen molar-refractivity contribution in [2.75, 3.05) is 5.75 Å². The van der Waals surface area contributed by atoms with Crippen LogP contribution in [-0.2, 0) is 19.7 Å². The molecule has 0 rings (SSSR count). The van der Waals surface area contributed by atoms with E-state index < -0.39 is 34.6 Å². The molecule has 0 aromatic heterocycles. The number of unbranched alkanes of at least 4 members (excludes halogenated alkanes) is 16. The van der Waals surface area contributed by atoms with E-state index in [2.05, 4.69) is 6.92 Å². The average Bonchev–Trinajstić information content (AvgIpc) is 2.80. The fourth-order valence-corrected chi connectivity index (χ4v) is 5.58. The topological polar surface area (TPSA) is 149 Å². The van der Waals surface area contributed by atoms with Gasteiger partial charge in [-0.2, -0.15) is 0 Å². The molecule has 0 aromatic carbocycles. The monoisotopic (exact) mass is 560 g/mol. The van der Waals surface area contributed by atoms with Crippen LogP contribution < -0.4 is 0 Å². The van der Waals surface area contributed by atoms with Crippen LogP contribution in [-0.4, -0.2) is 80.0 Å². The fourth-order valence-electron chi connectivity index (χ4n) is 4.23. The number of hydrogen-bond acceptors (Lipinski definition) is 5. The van der Waals surface area contributed by atoms with E-state index >= 15 is 0 Å². The summed E-state index contributed by atoms with van der Waals surface area (Å²) in [5.74, 6) is -2.91. The zero-order chi connectivity index (χ0) is 28.4. The van der Waals surface area contributed by atoms with Crippen molar-refractivity contribution in [3.05, 3.63) is 0 Å². The van der Waals surface area contributed by atoms with Gasteiger partial charge in [0.1, 0.15) is 0 Å². The zero-order valence-electron chi connectivity index (χ0n) is 23.5. The Morgan fingerprint density at radius 1 is 0.676 bits per heavy atom. The number of carbonyl (C=O) groups is 2. The van der Waals surface area contributed by atoms with Gasteiger partial charge in [-0.15, -0.1) is 0 Å². The summed E-state index contributed by atoms with van der Waals surface area (Å²) in [6.45, 7) is 2.28. The molecule has 0 radical (unpaired) electrons. The first kappa shape index (κ1) is 39.0. The molecular formula is C27H53NaO8S. The van der Waals surface area contributed by atoms with Gasteiger partial charge in [-0.1, -0.05) is 51.9 Å². The van der Waals surface area contributed by atoms with Crippen molar-refractivity contribution in [3.63, 3.8) is 0 Å². The second kappa shape index (κ2) is 27.4. The number of hydrogen-bond donors (Lipinski definition) is 4. The first-order valence-electron chi connectivity index (χ1n) is 14.6. The first-order valence-corrected chi connectivity index (χ1v) is 17.3. The predicted octanol–water partition coefficient (Wildman–Crippen LogP) is 6.56. The van der Waals surface area contributed by atoms with Crippen molar-refractivity contribution in [1.29, 1.82) is 0 Å². The minimum absolute atomic E-state index is 0.0647. The minimum Gasteiger partial charge on any atom is -0.481 e. The second-order valence-corrected chi connectivity index (χ2v) is 13.6. The van der Waals surface area contributed by atoms with Crippen molar-refractivity contribution in [1.82, 2.24) is 0 Å². The molecule has 2 atom stereocenters. The molecule has 0 aliphatic carbocycles. The Kier molecular flexibility index (Phi) is 28.8. The molecule has 37 heavy (non-hydrogen) atoms. The van der Waals surface area contributed by atoms with Gasteiger partial charge in [0.15, 0.2) is 6.10 Å². The summed E-state index contributed by atoms with van der Waals surface area (Å²) < 4.78 is 30.9. The molecule has 0 fully saturated rings. The van der Waals surface area contributed by atoms with E-state index in [-0.39, 0.29) is 5.75 Å². The maximum Gasteiger partial charge on any atom is 0.333 e. The van der Waals surface area contributed by atoms with Crippen molar-refractivity contribution < 1.29 is 37.9 Å². The van der Waals surface area contributed by atoms with Crippen LogP contribution in [0.4, 0.5) is 0 Å². The van der Waals surface area contributed by atoms with Crippen LogP contribution in [0.5, 0.6) is 0 Å². The first-order chi connectivity index (χ1) is 17.5. The summed E-state index contributed by atoms with van der Waals surface area (Å²) in [6.07, 6.45) is 24.2. The fraction of sp³-hybridized carbons (Fsp3) is 0.926. The molecule has 0 aromatic rings. The molecule has 0 heterocycles. The van der Waals surface area contributed by atoms with Gasteiger partial charge in [-0.05, 0) is 0 Å². The summed E-state index contributed by atoms with van der Waals surface area (Å²) in [4.78, 5) is 19.4. The Morgan fingerprint density at radius 3 is 1.32 bits per heavy atom. The van der Waals surface area contributed by atoms with Gasteiger partial charge >= 0.3 is 155 Å². The van der Waals surface area contributed by atoms with Crippen molar-refractivity contribution in [2.24, 2.45) is 0 Å². The number of aliphatic hydroxyl groups is 1. The number of aliphatic hydroxyl groups excluding tert-OH is 1. The molecule has 0 saturated heterocycles. The largest absolute Gasteiger partial charge is 0.481 e. The van der Waals surface area contributed by atoms with E-state index in [1.807, 2.05) is 0 Å². The third kappa shape index (κ3) is 35.8. The Morgan fingerprint density at radius 2 is 1.03 bits per heavy atom. The van der Waals surface area contributed by atoms with Crippen LogP contribution in [0.2, 0.25) is 3.17 Å². The van der Waals surface area contributed by atoms with Crippen molar-refractivity contribution >= 4 is 50.0 Å². The minimum atomic E-state index is -3.76. The Balaban J connectivity index is 0. The van der Waals surface area contributed by atoms with Crippen LogP contribution in [0.25, 0.3) is 0 Å². The smallest absolute Gasteiger partial charge is 0.333 e. The van der Waals surface area contributed by atoms with Gasteiger partial charge in [0, 0.05) is 0 Å². The standard InChI is InChI=1S/C23H47O3S.C4H6O5.Na/c1-2-3-4-5-6-7-8-9-10-11-12-13-14-15-16-17-18-19-20-21-22-23-27(24,25)26;5-2(4(8)9)1-3(6)7;/h20H,2-19,21-23H2,1H3,(H,24,25,26);2,5H,1H2,(H,6,7)(H,8,9);. The molecule has 8 nitrogen and oxygen atoms in total. The molecule has 4 N–H and O–H groups in total. The summed E-state index contributed by atoms with van der Waals surface area (Å²) in [5, 5.41) is 24.1. The van der Waals surface area contributed by atoms with Gasteiger partial charge in [-0.3, -0.25) is 4.79 Å². The van der Waals surface area contributed by atoms with E-state index in [0.29, 0.717) is 9.59 Å². The molecular weight excluding hydrogens is 507 g/mol. The van der Waals surface area contributed by atoms with E-state index in [0.717, 1.165) is 34.4 Å². The predicted molar refractivity (Wildman–Crippen MR) is 150 cm³/mol. The van der Waals surface area contributed by atoms with E-state index in [1.54, 1.807) is 0 Å². The van der Waals surface area contributed by atoms with Gasteiger partial charge in [0.2, 0.25) is 0 Å². The molecule has 0 aliphatic rings. The van der Waals surface area contributed by atoms with Crippen LogP contribution >= 0.6 is 0 Å². The third-order valence-electron chi connectivity index (χ3n) is 6.55. The molecule has 0 saturated carbocycles. The quantitative estimate of drug-likeness (QED) is 0.0557. The van der Waals surface area contributed by atoms with Gasteiger partial charge in [-0.25, -0.2) is 4.79 Å². The van der Waals surface area contributed by atoms with Crippen LogP contribution in [0.15, 0.2) is 0 Å². The van der Waals surface area contributed by atoms with Gasteiger partial charge in [0.25, 0.3) is 0 Å². The Bertz CT molecular complexity index is 642. The average molecular weight is 561 g/mol. The van der Waals surface area contributed by atoms with E-state index in [9.17, 15) is 18.0 Å². The number of rotatable bonds is 25. The van der Waals surface area contributed by atoms with Crippen LogP contribution in [0.1, 0.15) is 142 Å². The summed E-state index contributed by atoms with van der Waals surface area (Å²) in [6, 6.07) is 0. The zero-order valence-corrected chi connectivity index (χ0v) is 26.4. The van der Waals surface area contributed by atoms with Crippen LogP contribution in [0, 0.1) is 0 Å². The van der Waals surface area contributed by atoms with Gasteiger partial charge < -0.3 is 15.3 Å².